The molecule has 2 aromatic rings. The molecule has 0 aliphatic carbocycles. The molecule has 1 atom stereocenters. The molecule has 0 aliphatic rings. The van der Waals surface area contributed by atoms with Gasteiger partial charge in [-0.3, -0.25) is 4.57 Å². The second kappa shape index (κ2) is 7.93. The van der Waals surface area contributed by atoms with Gasteiger partial charge in [-0.25, -0.2) is 0 Å². The van der Waals surface area contributed by atoms with Crippen LogP contribution in [0.1, 0.15) is 32.1 Å². The number of benzene rings is 2. The zero-order valence-corrected chi connectivity index (χ0v) is 14.7. The fourth-order valence-corrected chi connectivity index (χ4v) is 4.28. The van der Waals surface area contributed by atoms with Crippen LogP contribution in [-0.2, 0) is 13.6 Å². The molecule has 0 radical (unpaired) electrons. The molecule has 23 heavy (non-hydrogen) atoms. The molecule has 0 fully saturated rings. The first-order valence-electron chi connectivity index (χ1n) is 7.86. The Morgan fingerprint density at radius 2 is 1.65 bits per heavy atom. The van der Waals surface area contributed by atoms with Crippen molar-refractivity contribution in [1.29, 1.82) is 0 Å². The summed E-state index contributed by atoms with van der Waals surface area (Å²) in [7, 11) is -3.49. The summed E-state index contributed by atoms with van der Waals surface area (Å²) in [5.41, 5.74) is 7.01. The van der Waals surface area contributed by atoms with Crippen molar-refractivity contribution in [2.45, 2.75) is 26.6 Å². The van der Waals surface area contributed by atoms with Gasteiger partial charge in [-0.1, -0.05) is 30.3 Å². The van der Waals surface area contributed by atoms with Gasteiger partial charge in [-0.05, 0) is 37.6 Å². The third-order valence-corrected chi connectivity index (χ3v) is 5.66. The van der Waals surface area contributed by atoms with Crippen LogP contribution in [0.4, 0.5) is 0 Å². The molecular weight excluding hydrogens is 313 g/mol. The van der Waals surface area contributed by atoms with Crippen LogP contribution in [-0.4, -0.2) is 19.8 Å². The summed E-state index contributed by atoms with van der Waals surface area (Å²) in [5, 5.41) is 1.89. The van der Waals surface area contributed by atoms with Gasteiger partial charge in [0.1, 0.15) is 11.5 Å². The number of nitrogens with two attached hydrogens (primary N) is 1. The molecule has 0 aliphatic heterocycles. The van der Waals surface area contributed by atoms with Crippen molar-refractivity contribution in [3.8, 4) is 5.75 Å². The van der Waals surface area contributed by atoms with E-state index >= 15 is 0 Å². The first kappa shape index (κ1) is 18.0. The molecule has 2 aromatic carbocycles. The van der Waals surface area contributed by atoms with E-state index in [1.165, 1.54) is 0 Å². The molecule has 126 valence electrons. The summed E-state index contributed by atoms with van der Waals surface area (Å²) in [6.45, 7) is 6.45. The zero-order valence-electron chi connectivity index (χ0n) is 13.8. The third kappa shape index (κ3) is 3.75. The fraction of sp³-hybridized carbons (Fsp3) is 0.412. The molecule has 0 heterocycles. The molecule has 6 heteroatoms. The summed E-state index contributed by atoms with van der Waals surface area (Å²) in [4.78, 5) is 0. The van der Waals surface area contributed by atoms with E-state index in [-0.39, 0.29) is 13.2 Å². The molecule has 0 aromatic heterocycles. The van der Waals surface area contributed by atoms with E-state index in [0.29, 0.717) is 17.9 Å². The van der Waals surface area contributed by atoms with E-state index in [1.807, 2.05) is 43.3 Å². The van der Waals surface area contributed by atoms with Crippen molar-refractivity contribution in [2.75, 3.05) is 19.8 Å². The molecule has 0 unspecified atom stereocenters. The maximum atomic E-state index is 13.1. The van der Waals surface area contributed by atoms with Crippen LogP contribution in [0.15, 0.2) is 36.4 Å². The van der Waals surface area contributed by atoms with Crippen LogP contribution in [0.25, 0.3) is 10.8 Å². The Morgan fingerprint density at radius 3 is 2.26 bits per heavy atom. The standard InChI is InChI=1S/C17H24NO4P/c1-4-20-15-12-11-13-9-7-8-10-14(13)16(15)17(18)23(19,21-5-2)22-6-3/h7-12,17H,4-6,18H2,1-3H3/t17-/m1/s1. The highest BCUT2D eigenvalue weighted by Gasteiger charge is 2.36. The van der Waals surface area contributed by atoms with Crippen molar-refractivity contribution in [3.05, 3.63) is 42.0 Å². The normalized spacial score (nSPS) is 13.2. The SMILES string of the molecule is CCOc1ccc2ccccc2c1[C@H](N)P(=O)(OCC)OCC. The number of hydrogen-bond acceptors (Lipinski definition) is 5. The average molecular weight is 337 g/mol. The number of ether oxygens (including phenoxy) is 1. The molecule has 0 saturated heterocycles. The molecule has 2 rings (SSSR count). The predicted molar refractivity (Wildman–Crippen MR) is 92.9 cm³/mol. The van der Waals surface area contributed by atoms with Crippen LogP contribution in [0, 0.1) is 0 Å². The van der Waals surface area contributed by atoms with Gasteiger partial charge in [-0.15, -0.1) is 0 Å². The summed E-state index contributed by atoms with van der Waals surface area (Å²) in [6, 6.07) is 11.6. The van der Waals surface area contributed by atoms with E-state index < -0.39 is 13.4 Å². The Morgan fingerprint density at radius 1 is 1.00 bits per heavy atom. The van der Waals surface area contributed by atoms with Crippen molar-refractivity contribution >= 4 is 18.4 Å². The number of rotatable bonds is 8. The van der Waals surface area contributed by atoms with Crippen LogP contribution >= 0.6 is 7.60 Å². The molecule has 0 amide bonds. The maximum Gasteiger partial charge on any atom is 0.351 e. The molecule has 0 saturated carbocycles. The molecular formula is C17H24NO4P. The van der Waals surface area contributed by atoms with Crippen LogP contribution in [0.2, 0.25) is 0 Å². The van der Waals surface area contributed by atoms with Crippen molar-refractivity contribution in [2.24, 2.45) is 5.73 Å². The van der Waals surface area contributed by atoms with E-state index in [2.05, 4.69) is 0 Å². The highest BCUT2D eigenvalue weighted by molar-refractivity contribution is 7.54. The Balaban J connectivity index is 2.62. The smallest absolute Gasteiger partial charge is 0.351 e. The average Bonchev–Trinajstić information content (AvgIpc) is 2.55. The van der Waals surface area contributed by atoms with E-state index in [1.54, 1.807) is 13.8 Å². The maximum absolute atomic E-state index is 13.1. The highest BCUT2D eigenvalue weighted by Crippen LogP contribution is 2.60. The first-order chi connectivity index (χ1) is 11.1. The summed E-state index contributed by atoms with van der Waals surface area (Å²) in [6.07, 6.45) is 0. The lowest BCUT2D eigenvalue weighted by Gasteiger charge is -2.26. The van der Waals surface area contributed by atoms with Gasteiger partial charge in [0.15, 0.2) is 0 Å². The third-order valence-electron chi connectivity index (χ3n) is 3.49. The minimum Gasteiger partial charge on any atom is -0.493 e. The minimum atomic E-state index is -3.49. The Labute approximate surface area is 137 Å². The van der Waals surface area contributed by atoms with Gasteiger partial charge in [0.25, 0.3) is 0 Å². The zero-order chi connectivity index (χ0) is 16.9. The van der Waals surface area contributed by atoms with Crippen molar-refractivity contribution in [1.82, 2.24) is 0 Å². The van der Waals surface area contributed by atoms with Crippen LogP contribution < -0.4 is 10.5 Å². The quantitative estimate of drug-likeness (QED) is 0.720. The van der Waals surface area contributed by atoms with Gasteiger partial charge >= 0.3 is 7.60 Å². The minimum absolute atomic E-state index is 0.264. The van der Waals surface area contributed by atoms with Crippen molar-refractivity contribution in [3.63, 3.8) is 0 Å². The lowest BCUT2D eigenvalue weighted by molar-refractivity contribution is 0.211. The molecule has 2 N–H and O–H groups in total. The summed E-state index contributed by atoms with van der Waals surface area (Å²) >= 11 is 0. The lowest BCUT2D eigenvalue weighted by atomic mass is 10.0. The topological polar surface area (TPSA) is 70.8 Å². The van der Waals surface area contributed by atoms with E-state index in [9.17, 15) is 4.57 Å². The van der Waals surface area contributed by atoms with Gasteiger partial charge in [0, 0.05) is 5.56 Å². The second-order valence-electron chi connectivity index (χ2n) is 4.95. The largest absolute Gasteiger partial charge is 0.493 e. The number of fused-ring (bicyclic) bond motifs is 1. The monoisotopic (exact) mass is 337 g/mol. The Bertz CT molecular complexity index is 694. The summed E-state index contributed by atoms with van der Waals surface area (Å²) < 4.78 is 29.6. The Hall–Kier alpha value is -1.39. The fourth-order valence-electron chi connectivity index (χ4n) is 2.58. The van der Waals surface area contributed by atoms with Gasteiger partial charge in [-0.2, -0.15) is 0 Å². The van der Waals surface area contributed by atoms with Gasteiger partial charge < -0.3 is 19.5 Å². The predicted octanol–water partition coefficient (Wildman–Crippen LogP) is 4.46. The first-order valence-corrected chi connectivity index (χ1v) is 9.47. The highest BCUT2D eigenvalue weighted by atomic mass is 31.2. The van der Waals surface area contributed by atoms with Crippen molar-refractivity contribution < 1.29 is 18.3 Å². The second-order valence-corrected chi connectivity index (χ2v) is 7.10. The summed E-state index contributed by atoms with van der Waals surface area (Å²) in [5.74, 6) is -0.298. The van der Waals surface area contributed by atoms with Crippen LogP contribution in [0.5, 0.6) is 5.75 Å². The van der Waals surface area contributed by atoms with E-state index in [0.717, 1.165) is 10.8 Å². The van der Waals surface area contributed by atoms with E-state index in [4.69, 9.17) is 19.5 Å². The molecule has 0 bridgehead atoms. The molecule has 0 spiro atoms. The molecule has 5 nitrogen and oxygen atoms in total. The van der Waals surface area contributed by atoms with Gasteiger partial charge in [0.05, 0.1) is 19.8 Å². The lowest BCUT2D eigenvalue weighted by Crippen LogP contribution is -2.16. The van der Waals surface area contributed by atoms with Gasteiger partial charge in [0.2, 0.25) is 0 Å². The van der Waals surface area contributed by atoms with Crippen LogP contribution in [0.3, 0.4) is 0 Å². The Kier molecular flexibility index (Phi) is 6.19. The number of hydrogen-bond donors (Lipinski definition) is 1.